The second-order valence-electron chi connectivity index (χ2n) is 2.01. The molecule has 0 aliphatic heterocycles. The second kappa shape index (κ2) is 3.67. The predicted octanol–water partition coefficient (Wildman–Crippen LogP) is 2.83. The highest BCUT2D eigenvalue weighted by Crippen LogP contribution is 2.34. The van der Waals surface area contributed by atoms with Gasteiger partial charge < -0.3 is 5.11 Å². The van der Waals surface area contributed by atoms with E-state index >= 15 is 0 Å². The number of hydrogen-bond donors (Lipinski definition) is 1. The van der Waals surface area contributed by atoms with E-state index in [2.05, 4.69) is 0 Å². The molecule has 0 aliphatic rings. The van der Waals surface area contributed by atoms with Crippen LogP contribution >= 0.6 is 12.4 Å². The number of halogens is 4. The summed E-state index contributed by atoms with van der Waals surface area (Å²) in [5.74, 6) is -0.736. The summed E-state index contributed by atoms with van der Waals surface area (Å²) in [6.07, 6.45) is -4.47. The molecule has 0 unspecified atom stereocenters. The molecule has 1 rings (SSSR count). The third-order valence-corrected chi connectivity index (χ3v) is 1.21. The van der Waals surface area contributed by atoms with Crippen molar-refractivity contribution in [3.05, 3.63) is 29.8 Å². The van der Waals surface area contributed by atoms with Crippen molar-refractivity contribution in [2.24, 2.45) is 0 Å². The van der Waals surface area contributed by atoms with Crippen molar-refractivity contribution in [1.29, 1.82) is 0 Å². The third kappa shape index (κ3) is 2.30. The van der Waals surface area contributed by atoms with E-state index < -0.39 is 17.5 Å². The van der Waals surface area contributed by atoms with Crippen LogP contribution in [0.2, 0.25) is 0 Å². The Labute approximate surface area is 73.2 Å². The van der Waals surface area contributed by atoms with Crippen LogP contribution in [-0.2, 0) is 6.18 Å². The third-order valence-electron chi connectivity index (χ3n) is 1.21. The Kier molecular flexibility index (Phi) is 3.39. The monoisotopic (exact) mass is 198 g/mol. The summed E-state index contributed by atoms with van der Waals surface area (Å²) in [5.41, 5.74) is -1.000. The number of alkyl halides is 3. The quantitative estimate of drug-likeness (QED) is 0.680. The van der Waals surface area contributed by atoms with Gasteiger partial charge in [-0.2, -0.15) is 13.2 Å². The number of phenols is 1. The van der Waals surface area contributed by atoms with Crippen LogP contribution in [0.3, 0.4) is 0 Å². The Morgan fingerprint density at radius 2 is 1.58 bits per heavy atom. The van der Waals surface area contributed by atoms with Gasteiger partial charge in [0.05, 0.1) is 5.56 Å². The summed E-state index contributed by atoms with van der Waals surface area (Å²) in [6, 6.07) is 4.39. The fraction of sp³-hybridized carbons (Fsp3) is 0.143. The zero-order valence-corrected chi connectivity index (χ0v) is 6.62. The van der Waals surface area contributed by atoms with Gasteiger partial charge in [-0.3, -0.25) is 0 Å². The van der Waals surface area contributed by atoms with Crippen LogP contribution in [0, 0.1) is 0 Å². The molecule has 1 nitrogen and oxygen atoms in total. The highest BCUT2D eigenvalue weighted by atomic mass is 35.5. The minimum absolute atomic E-state index is 0. The maximum atomic E-state index is 11.9. The van der Waals surface area contributed by atoms with Crippen LogP contribution < -0.4 is 0 Å². The summed E-state index contributed by atoms with van der Waals surface area (Å²) in [6.45, 7) is 0. The van der Waals surface area contributed by atoms with Crippen molar-refractivity contribution in [3.63, 3.8) is 0 Å². The molecule has 0 atom stereocenters. The average molecular weight is 199 g/mol. The Balaban J connectivity index is 0.00000121. The van der Waals surface area contributed by atoms with E-state index in [1.807, 2.05) is 0 Å². The minimum atomic E-state index is -4.47. The summed E-state index contributed by atoms with van der Waals surface area (Å²) < 4.78 is 35.7. The SMILES string of the molecule is Cl.Oc1ccccc1C(F)(F)F. The molecule has 1 aromatic carbocycles. The topological polar surface area (TPSA) is 20.2 Å². The molecule has 1 N–H and O–H groups in total. The van der Waals surface area contributed by atoms with E-state index in [-0.39, 0.29) is 12.4 Å². The summed E-state index contributed by atoms with van der Waals surface area (Å²) in [7, 11) is 0. The molecule has 0 spiro atoms. The predicted molar refractivity (Wildman–Crippen MR) is 40.4 cm³/mol. The zero-order chi connectivity index (χ0) is 8.48. The lowest BCUT2D eigenvalue weighted by atomic mass is 10.2. The Morgan fingerprint density at radius 3 is 1.92 bits per heavy atom. The molecule has 0 radical (unpaired) electrons. The summed E-state index contributed by atoms with van der Waals surface area (Å²) in [4.78, 5) is 0. The number of phenolic OH excluding ortho intramolecular Hbond substituents is 1. The van der Waals surface area contributed by atoms with Crippen LogP contribution in [0.25, 0.3) is 0 Å². The summed E-state index contributed by atoms with van der Waals surface area (Å²) in [5, 5.41) is 8.73. The van der Waals surface area contributed by atoms with E-state index in [9.17, 15) is 13.2 Å². The van der Waals surface area contributed by atoms with E-state index in [0.29, 0.717) is 0 Å². The van der Waals surface area contributed by atoms with Crippen LogP contribution in [-0.4, -0.2) is 5.11 Å². The van der Waals surface area contributed by atoms with Crippen molar-refractivity contribution in [3.8, 4) is 5.75 Å². The van der Waals surface area contributed by atoms with Crippen LogP contribution in [0.15, 0.2) is 24.3 Å². The van der Waals surface area contributed by atoms with Crippen molar-refractivity contribution >= 4 is 12.4 Å². The van der Waals surface area contributed by atoms with Gasteiger partial charge >= 0.3 is 6.18 Å². The molecular weight excluding hydrogens is 193 g/mol. The molecule has 5 heteroatoms. The van der Waals surface area contributed by atoms with Crippen LogP contribution in [0.1, 0.15) is 5.56 Å². The molecule has 68 valence electrons. The molecule has 12 heavy (non-hydrogen) atoms. The van der Waals surface area contributed by atoms with Gasteiger partial charge in [-0.1, -0.05) is 12.1 Å². The first-order chi connectivity index (χ1) is 5.02. The van der Waals surface area contributed by atoms with Gasteiger partial charge in [-0.05, 0) is 12.1 Å². The first-order valence-corrected chi connectivity index (χ1v) is 2.87. The number of aromatic hydroxyl groups is 1. The lowest BCUT2D eigenvalue weighted by molar-refractivity contribution is -0.138. The average Bonchev–Trinajstić information content (AvgIpc) is 1.86. The van der Waals surface area contributed by atoms with Gasteiger partial charge in [-0.15, -0.1) is 12.4 Å². The van der Waals surface area contributed by atoms with Gasteiger partial charge in [0, 0.05) is 0 Å². The Hall–Kier alpha value is -0.900. The molecule has 1 aromatic rings. The highest BCUT2D eigenvalue weighted by Gasteiger charge is 2.33. The number of rotatable bonds is 0. The standard InChI is InChI=1S/C7H5F3O.ClH/c8-7(9,10)5-3-1-2-4-6(5)11;/h1-4,11H;1H. The Bertz CT molecular complexity index is 259. The first-order valence-electron chi connectivity index (χ1n) is 2.87. The smallest absolute Gasteiger partial charge is 0.419 e. The van der Waals surface area contributed by atoms with E-state index in [4.69, 9.17) is 5.11 Å². The molecule has 0 fully saturated rings. The van der Waals surface area contributed by atoms with Gasteiger partial charge in [0.1, 0.15) is 5.75 Å². The fourth-order valence-electron chi connectivity index (χ4n) is 0.713. The maximum absolute atomic E-state index is 11.9. The number of hydrogen-bond acceptors (Lipinski definition) is 1. The number of benzene rings is 1. The molecule has 0 heterocycles. The maximum Gasteiger partial charge on any atom is 0.419 e. The van der Waals surface area contributed by atoms with Crippen LogP contribution in [0.5, 0.6) is 5.75 Å². The van der Waals surface area contributed by atoms with Gasteiger partial charge in [0.2, 0.25) is 0 Å². The molecule has 0 aromatic heterocycles. The lowest BCUT2D eigenvalue weighted by Crippen LogP contribution is -2.04. The van der Waals surface area contributed by atoms with E-state index in [1.54, 1.807) is 0 Å². The van der Waals surface area contributed by atoms with Gasteiger partial charge in [0.25, 0.3) is 0 Å². The molecule has 0 saturated heterocycles. The van der Waals surface area contributed by atoms with E-state index in [0.717, 1.165) is 12.1 Å². The van der Waals surface area contributed by atoms with Crippen molar-refractivity contribution in [2.45, 2.75) is 6.18 Å². The van der Waals surface area contributed by atoms with Crippen molar-refractivity contribution < 1.29 is 18.3 Å². The van der Waals surface area contributed by atoms with Gasteiger partial charge in [-0.25, -0.2) is 0 Å². The number of para-hydroxylation sites is 1. The van der Waals surface area contributed by atoms with E-state index in [1.165, 1.54) is 12.1 Å². The highest BCUT2D eigenvalue weighted by molar-refractivity contribution is 5.85. The molecule has 0 aliphatic carbocycles. The fourth-order valence-corrected chi connectivity index (χ4v) is 0.713. The second-order valence-corrected chi connectivity index (χ2v) is 2.01. The Morgan fingerprint density at radius 1 is 1.08 bits per heavy atom. The van der Waals surface area contributed by atoms with Crippen molar-refractivity contribution in [2.75, 3.05) is 0 Å². The normalized spacial score (nSPS) is 10.6. The molecule has 0 bridgehead atoms. The van der Waals surface area contributed by atoms with Crippen molar-refractivity contribution in [1.82, 2.24) is 0 Å². The van der Waals surface area contributed by atoms with Crippen LogP contribution in [0.4, 0.5) is 13.2 Å². The van der Waals surface area contributed by atoms with Gasteiger partial charge in [0.15, 0.2) is 0 Å². The molecule has 0 amide bonds. The zero-order valence-electron chi connectivity index (χ0n) is 5.80. The lowest BCUT2D eigenvalue weighted by Gasteiger charge is -2.06. The summed E-state index contributed by atoms with van der Waals surface area (Å²) >= 11 is 0. The first kappa shape index (κ1) is 11.1. The molecular formula is C7H6ClF3O. The minimum Gasteiger partial charge on any atom is -0.507 e. The molecule has 0 saturated carbocycles. The largest absolute Gasteiger partial charge is 0.507 e.